The second-order valence-electron chi connectivity index (χ2n) is 3.77. The minimum atomic E-state index is -3.90. The summed E-state index contributed by atoms with van der Waals surface area (Å²) < 4.78 is 28.2. The minimum Gasteiger partial charge on any atom is -0.383 e. The van der Waals surface area contributed by atoms with Crippen LogP contribution < -0.4 is 5.32 Å². The van der Waals surface area contributed by atoms with Crippen LogP contribution in [0.2, 0.25) is 0 Å². The van der Waals surface area contributed by atoms with E-state index in [0.29, 0.717) is 23.2 Å². The lowest BCUT2D eigenvalue weighted by molar-refractivity contribution is 0.0937. The van der Waals surface area contributed by atoms with Crippen molar-refractivity contribution in [1.82, 2.24) is 5.32 Å². The third kappa shape index (κ3) is 4.45. The van der Waals surface area contributed by atoms with Gasteiger partial charge in [-0.15, -0.1) is 0 Å². The number of ether oxygens (including phenoxy) is 1. The first-order chi connectivity index (χ1) is 8.77. The number of halogens is 2. The Kier molecular flexibility index (Phi) is 5.79. The Hall–Kier alpha value is -0.630. The largest absolute Gasteiger partial charge is 0.383 e. The predicted octanol–water partition coefficient (Wildman–Crippen LogP) is 2.06. The van der Waals surface area contributed by atoms with Gasteiger partial charge in [0.25, 0.3) is 15.0 Å². The maximum Gasteiger partial charge on any atom is 0.261 e. The Labute approximate surface area is 124 Å². The van der Waals surface area contributed by atoms with Gasteiger partial charge in [-0.05, 0) is 24.6 Å². The SMILES string of the molecule is COCCNC(=O)c1cc(Br)c(C)c(S(=O)(=O)Cl)c1. The molecule has 1 N–H and O–H groups in total. The van der Waals surface area contributed by atoms with Gasteiger partial charge >= 0.3 is 0 Å². The van der Waals surface area contributed by atoms with E-state index in [1.165, 1.54) is 13.2 Å². The molecule has 0 heterocycles. The van der Waals surface area contributed by atoms with E-state index in [2.05, 4.69) is 21.2 Å². The van der Waals surface area contributed by atoms with E-state index in [-0.39, 0.29) is 16.4 Å². The van der Waals surface area contributed by atoms with Gasteiger partial charge in [0.1, 0.15) is 0 Å². The van der Waals surface area contributed by atoms with Gasteiger partial charge in [-0.3, -0.25) is 4.79 Å². The van der Waals surface area contributed by atoms with Crippen LogP contribution in [0.25, 0.3) is 0 Å². The van der Waals surface area contributed by atoms with Crippen molar-refractivity contribution in [3.8, 4) is 0 Å². The number of amides is 1. The number of carbonyl (C=O) groups is 1. The zero-order valence-electron chi connectivity index (χ0n) is 10.4. The predicted molar refractivity (Wildman–Crippen MR) is 76.1 cm³/mol. The molecule has 0 radical (unpaired) electrons. The van der Waals surface area contributed by atoms with Crippen LogP contribution in [0.3, 0.4) is 0 Å². The molecular formula is C11H13BrClNO4S. The molecule has 0 bridgehead atoms. The van der Waals surface area contributed by atoms with Gasteiger partial charge < -0.3 is 10.1 Å². The molecule has 5 nitrogen and oxygen atoms in total. The monoisotopic (exact) mass is 369 g/mol. The first kappa shape index (κ1) is 16.4. The van der Waals surface area contributed by atoms with Crippen molar-refractivity contribution in [2.24, 2.45) is 0 Å². The molecule has 1 aromatic rings. The Bertz CT molecular complexity index is 589. The van der Waals surface area contributed by atoms with Crippen LogP contribution in [0.5, 0.6) is 0 Å². The van der Waals surface area contributed by atoms with Crippen molar-refractivity contribution in [2.75, 3.05) is 20.3 Å². The molecule has 8 heteroatoms. The van der Waals surface area contributed by atoms with Crippen LogP contribution in [-0.2, 0) is 13.8 Å². The first-order valence-corrected chi connectivity index (χ1v) is 8.39. The second-order valence-corrected chi connectivity index (χ2v) is 7.16. The highest BCUT2D eigenvalue weighted by Gasteiger charge is 2.19. The summed E-state index contributed by atoms with van der Waals surface area (Å²) in [5.74, 6) is -0.390. The van der Waals surface area contributed by atoms with Crippen molar-refractivity contribution in [3.05, 3.63) is 27.7 Å². The molecule has 0 aliphatic rings. The molecule has 0 saturated carbocycles. The fraction of sp³-hybridized carbons (Fsp3) is 0.364. The van der Waals surface area contributed by atoms with Crippen LogP contribution in [0.4, 0.5) is 0 Å². The number of benzene rings is 1. The molecule has 1 amide bonds. The molecule has 0 aromatic heterocycles. The Balaban J connectivity index is 3.11. The average molecular weight is 371 g/mol. The summed E-state index contributed by atoms with van der Waals surface area (Å²) in [4.78, 5) is 11.8. The van der Waals surface area contributed by atoms with Gasteiger partial charge in [-0.2, -0.15) is 0 Å². The third-order valence-electron chi connectivity index (χ3n) is 2.41. The van der Waals surface area contributed by atoms with Crippen LogP contribution in [0.15, 0.2) is 21.5 Å². The summed E-state index contributed by atoms with van der Waals surface area (Å²) in [7, 11) is 2.96. The van der Waals surface area contributed by atoms with Gasteiger partial charge in [-0.1, -0.05) is 15.9 Å². The quantitative estimate of drug-likeness (QED) is 0.636. The van der Waals surface area contributed by atoms with Crippen LogP contribution >= 0.6 is 26.6 Å². The lowest BCUT2D eigenvalue weighted by Gasteiger charge is -2.09. The van der Waals surface area contributed by atoms with E-state index in [1.807, 2.05) is 0 Å². The summed E-state index contributed by atoms with van der Waals surface area (Å²) in [6.45, 7) is 2.31. The molecule has 19 heavy (non-hydrogen) atoms. The number of hydrogen-bond acceptors (Lipinski definition) is 4. The van der Waals surface area contributed by atoms with Gasteiger partial charge in [0.05, 0.1) is 11.5 Å². The highest BCUT2D eigenvalue weighted by atomic mass is 79.9. The topological polar surface area (TPSA) is 72.5 Å². The average Bonchev–Trinajstić information content (AvgIpc) is 2.31. The lowest BCUT2D eigenvalue weighted by atomic mass is 10.1. The summed E-state index contributed by atoms with van der Waals surface area (Å²) in [5, 5.41) is 2.60. The molecule has 0 aliphatic carbocycles. The normalized spacial score (nSPS) is 11.4. The summed E-state index contributed by atoms with van der Waals surface area (Å²) in [6, 6.07) is 2.80. The van der Waals surface area contributed by atoms with E-state index in [9.17, 15) is 13.2 Å². The summed E-state index contributed by atoms with van der Waals surface area (Å²) in [5.41, 5.74) is 0.677. The van der Waals surface area contributed by atoms with E-state index in [1.54, 1.807) is 13.0 Å². The molecular weight excluding hydrogens is 358 g/mol. The van der Waals surface area contributed by atoms with Crippen molar-refractivity contribution >= 4 is 41.6 Å². The van der Waals surface area contributed by atoms with E-state index >= 15 is 0 Å². The maximum atomic E-state index is 11.8. The molecule has 0 saturated heterocycles. The maximum absolute atomic E-state index is 11.8. The molecule has 0 aliphatic heterocycles. The molecule has 106 valence electrons. The van der Waals surface area contributed by atoms with Crippen molar-refractivity contribution < 1.29 is 17.9 Å². The fourth-order valence-electron chi connectivity index (χ4n) is 1.41. The number of nitrogens with one attached hydrogen (secondary N) is 1. The summed E-state index contributed by atoms with van der Waals surface area (Å²) in [6.07, 6.45) is 0. The molecule has 0 fully saturated rings. The van der Waals surface area contributed by atoms with Gasteiger partial charge in [0, 0.05) is 34.4 Å². The first-order valence-electron chi connectivity index (χ1n) is 5.29. The smallest absolute Gasteiger partial charge is 0.261 e. The fourth-order valence-corrected chi connectivity index (χ4v) is 3.22. The van der Waals surface area contributed by atoms with E-state index in [4.69, 9.17) is 15.4 Å². The molecule has 1 aromatic carbocycles. The van der Waals surface area contributed by atoms with E-state index < -0.39 is 9.05 Å². The second kappa shape index (κ2) is 6.69. The van der Waals surface area contributed by atoms with Crippen molar-refractivity contribution in [2.45, 2.75) is 11.8 Å². The van der Waals surface area contributed by atoms with Crippen LogP contribution in [-0.4, -0.2) is 34.6 Å². The van der Waals surface area contributed by atoms with Crippen molar-refractivity contribution in [3.63, 3.8) is 0 Å². The summed E-state index contributed by atoms with van der Waals surface area (Å²) >= 11 is 3.21. The van der Waals surface area contributed by atoms with Gasteiger partial charge in [-0.25, -0.2) is 8.42 Å². The molecule has 0 spiro atoms. The number of methoxy groups -OCH3 is 1. The molecule has 0 unspecified atom stereocenters. The van der Waals surface area contributed by atoms with Crippen LogP contribution in [0, 0.1) is 6.92 Å². The zero-order chi connectivity index (χ0) is 14.6. The van der Waals surface area contributed by atoms with Crippen LogP contribution in [0.1, 0.15) is 15.9 Å². The molecule has 0 atom stereocenters. The number of carbonyl (C=O) groups excluding carboxylic acids is 1. The Morgan fingerprint density at radius 2 is 2.11 bits per heavy atom. The number of rotatable bonds is 5. The van der Waals surface area contributed by atoms with Crippen molar-refractivity contribution in [1.29, 1.82) is 0 Å². The lowest BCUT2D eigenvalue weighted by Crippen LogP contribution is -2.27. The van der Waals surface area contributed by atoms with Gasteiger partial charge in [0.15, 0.2) is 0 Å². The highest BCUT2D eigenvalue weighted by molar-refractivity contribution is 9.10. The van der Waals surface area contributed by atoms with E-state index in [0.717, 1.165) is 0 Å². The standard InChI is InChI=1S/C11H13BrClNO4S/c1-7-9(12)5-8(6-10(7)19(13,16)17)11(15)14-3-4-18-2/h5-6H,3-4H2,1-2H3,(H,14,15). The Morgan fingerprint density at radius 1 is 1.47 bits per heavy atom. The zero-order valence-corrected chi connectivity index (χ0v) is 13.5. The number of hydrogen-bond donors (Lipinski definition) is 1. The molecule has 1 rings (SSSR count). The third-order valence-corrected chi connectivity index (χ3v) is 4.69. The Morgan fingerprint density at radius 3 is 2.63 bits per heavy atom. The van der Waals surface area contributed by atoms with Gasteiger partial charge in [0.2, 0.25) is 0 Å². The minimum absolute atomic E-state index is 0.0829. The highest BCUT2D eigenvalue weighted by Crippen LogP contribution is 2.28.